The summed E-state index contributed by atoms with van der Waals surface area (Å²) in [4.78, 5) is 23.8. The van der Waals surface area contributed by atoms with Crippen molar-refractivity contribution in [3.05, 3.63) is 78.9 Å². The quantitative estimate of drug-likeness (QED) is 0.675. The van der Waals surface area contributed by atoms with Crippen LogP contribution in [-0.2, 0) is 9.59 Å². The zero-order chi connectivity index (χ0) is 20.2. The van der Waals surface area contributed by atoms with Gasteiger partial charge >= 0.3 is 0 Å². The number of aliphatic carboxylic acids is 1. The fourth-order valence-electron chi connectivity index (χ4n) is 3.62. The summed E-state index contributed by atoms with van der Waals surface area (Å²) in [5.41, 5.74) is 0.590. The summed E-state index contributed by atoms with van der Waals surface area (Å²) in [6, 6.07) is 20.9. The second-order valence-corrected chi connectivity index (χ2v) is 7.07. The van der Waals surface area contributed by atoms with Gasteiger partial charge in [-0.15, -0.1) is 0 Å². The Morgan fingerprint density at radius 3 is 2.31 bits per heavy atom. The molecule has 0 radical (unpaired) electrons. The highest BCUT2D eigenvalue weighted by Gasteiger charge is 2.29. The van der Waals surface area contributed by atoms with E-state index in [1.54, 1.807) is 30.3 Å². The Bertz CT molecular complexity index is 1070. The van der Waals surface area contributed by atoms with E-state index in [4.69, 9.17) is 4.74 Å². The van der Waals surface area contributed by atoms with E-state index in [0.29, 0.717) is 24.3 Å². The molecule has 0 saturated carbocycles. The fourth-order valence-corrected chi connectivity index (χ4v) is 3.62. The van der Waals surface area contributed by atoms with Crippen molar-refractivity contribution in [1.29, 1.82) is 0 Å². The predicted molar refractivity (Wildman–Crippen MR) is 109 cm³/mol. The number of benzene rings is 3. The minimum atomic E-state index is -1.19. The van der Waals surface area contributed by atoms with Crippen LogP contribution in [-0.4, -0.2) is 11.9 Å². The van der Waals surface area contributed by atoms with Crippen molar-refractivity contribution in [3.8, 4) is 11.5 Å². The molecule has 1 aliphatic rings. The van der Waals surface area contributed by atoms with Crippen LogP contribution in [0.5, 0.6) is 11.5 Å². The molecule has 1 N–H and O–H groups in total. The van der Waals surface area contributed by atoms with Crippen LogP contribution in [0.4, 0.5) is 5.69 Å². The van der Waals surface area contributed by atoms with E-state index in [9.17, 15) is 14.7 Å². The van der Waals surface area contributed by atoms with Gasteiger partial charge in [0.05, 0.1) is 5.92 Å². The summed E-state index contributed by atoms with van der Waals surface area (Å²) in [7, 11) is 0. The van der Waals surface area contributed by atoms with Crippen LogP contribution in [0.1, 0.15) is 12.8 Å². The molecule has 2 unspecified atom stereocenters. The fraction of sp³-hybridized carbons (Fsp3) is 0.167. The third-order valence-corrected chi connectivity index (χ3v) is 5.17. The van der Waals surface area contributed by atoms with Gasteiger partial charge in [0.2, 0.25) is 5.91 Å². The summed E-state index contributed by atoms with van der Waals surface area (Å²) in [6.07, 6.45) is 4.33. The normalized spacial score (nSPS) is 18.3. The average Bonchev–Trinajstić information content (AvgIpc) is 2.75. The van der Waals surface area contributed by atoms with Gasteiger partial charge in [0.25, 0.3) is 0 Å². The first kappa shape index (κ1) is 18.7. The zero-order valence-electron chi connectivity index (χ0n) is 15.7. The van der Waals surface area contributed by atoms with Gasteiger partial charge in [0.1, 0.15) is 11.5 Å². The molecule has 5 heteroatoms. The Kier molecular flexibility index (Phi) is 5.29. The van der Waals surface area contributed by atoms with Crippen molar-refractivity contribution in [1.82, 2.24) is 0 Å². The number of fused-ring (bicyclic) bond motifs is 1. The molecule has 29 heavy (non-hydrogen) atoms. The van der Waals surface area contributed by atoms with E-state index in [-0.39, 0.29) is 5.91 Å². The van der Waals surface area contributed by atoms with E-state index in [1.165, 1.54) is 0 Å². The molecule has 1 amide bonds. The number of nitrogens with one attached hydrogen (secondary N) is 1. The van der Waals surface area contributed by atoms with Gasteiger partial charge in [-0.05, 0) is 48.6 Å². The van der Waals surface area contributed by atoms with E-state index < -0.39 is 17.8 Å². The largest absolute Gasteiger partial charge is 0.550 e. The van der Waals surface area contributed by atoms with Gasteiger partial charge in [-0.3, -0.25) is 4.79 Å². The highest BCUT2D eigenvalue weighted by atomic mass is 16.5. The van der Waals surface area contributed by atoms with Crippen molar-refractivity contribution in [3.63, 3.8) is 0 Å². The summed E-state index contributed by atoms with van der Waals surface area (Å²) in [5, 5.41) is 16.2. The molecule has 0 saturated heterocycles. The lowest BCUT2D eigenvalue weighted by Crippen LogP contribution is -2.41. The molecule has 0 aromatic heterocycles. The van der Waals surface area contributed by atoms with Gasteiger partial charge in [0, 0.05) is 23.0 Å². The van der Waals surface area contributed by atoms with E-state index >= 15 is 0 Å². The SMILES string of the molecule is O=C([O-])C1CC=CCC1C(=O)Nc1ccc(Oc2cccc3ccccc23)cc1. The maximum atomic E-state index is 12.5. The number of anilines is 1. The number of carbonyl (C=O) groups excluding carboxylic acids is 2. The lowest BCUT2D eigenvalue weighted by molar-refractivity contribution is -0.313. The Hall–Kier alpha value is -3.60. The molecule has 0 heterocycles. The third-order valence-electron chi connectivity index (χ3n) is 5.17. The summed E-state index contributed by atoms with van der Waals surface area (Å²) >= 11 is 0. The minimum Gasteiger partial charge on any atom is -0.550 e. The molecule has 146 valence electrons. The Morgan fingerprint density at radius 2 is 1.55 bits per heavy atom. The molecule has 0 spiro atoms. The topological polar surface area (TPSA) is 78.5 Å². The van der Waals surface area contributed by atoms with Crippen LogP contribution in [0.2, 0.25) is 0 Å². The molecular formula is C24H20NO4-. The number of carboxylic acid groups (broad SMARTS) is 1. The summed E-state index contributed by atoms with van der Waals surface area (Å²) in [6.45, 7) is 0. The molecule has 3 aromatic rings. The van der Waals surface area contributed by atoms with Crippen LogP contribution in [0.25, 0.3) is 10.8 Å². The van der Waals surface area contributed by atoms with E-state index in [0.717, 1.165) is 16.5 Å². The molecule has 4 rings (SSSR count). The van der Waals surface area contributed by atoms with Gasteiger partial charge in [-0.1, -0.05) is 48.6 Å². The molecule has 5 nitrogen and oxygen atoms in total. The van der Waals surface area contributed by atoms with E-state index in [1.807, 2.05) is 48.5 Å². The lowest BCUT2D eigenvalue weighted by atomic mass is 9.82. The average molecular weight is 386 g/mol. The van der Waals surface area contributed by atoms with Crippen molar-refractivity contribution < 1.29 is 19.4 Å². The van der Waals surface area contributed by atoms with Gasteiger partial charge in [-0.25, -0.2) is 0 Å². The molecule has 2 atom stereocenters. The Labute approximate surface area is 168 Å². The number of hydrogen-bond donors (Lipinski definition) is 1. The summed E-state index contributed by atoms with van der Waals surface area (Å²) < 4.78 is 6.01. The van der Waals surface area contributed by atoms with Crippen LogP contribution in [0, 0.1) is 11.8 Å². The first-order valence-corrected chi connectivity index (χ1v) is 9.54. The first-order valence-electron chi connectivity index (χ1n) is 9.54. The first-order chi connectivity index (χ1) is 14.1. The van der Waals surface area contributed by atoms with Crippen molar-refractivity contribution in [2.75, 3.05) is 5.32 Å². The maximum Gasteiger partial charge on any atom is 0.228 e. The molecular weight excluding hydrogens is 366 g/mol. The van der Waals surface area contributed by atoms with Crippen LogP contribution < -0.4 is 15.2 Å². The van der Waals surface area contributed by atoms with Crippen molar-refractivity contribution in [2.24, 2.45) is 11.8 Å². The van der Waals surface area contributed by atoms with Crippen molar-refractivity contribution >= 4 is 28.3 Å². The number of carboxylic acids is 1. The number of carbonyl (C=O) groups is 2. The highest BCUT2D eigenvalue weighted by Crippen LogP contribution is 2.31. The highest BCUT2D eigenvalue weighted by molar-refractivity contribution is 5.95. The van der Waals surface area contributed by atoms with Gasteiger partial charge < -0.3 is 20.0 Å². The third kappa shape index (κ3) is 4.14. The van der Waals surface area contributed by atoms with Crippen LogP contribution in [0.15, 0.2) is 78.9 Å². The Balaban J connectivity index is 1.46. The second-order valence-electron chi connectivity index (χ2n) is 7.07. The smallest absolute Gasteiger partial charge is 0.228 e. The minimum absolute atomic E-state index is 0.314. The zero-order valence-corrected chi connectivity index (χ0v) is 15.7. The number of ether oxygens (including phenoxy) is 1. The van der Waals surface area contributed by atoms with Gasteiger partial charge in [0.15, 0.2) is 0 Å². The number of allylic oxidation sites excluding steroid dienone is 2. The number of hydrogen-bond acceptors (Lipinski definition) is 4. The van der Waals surface area contributed by atoms with Gasteiger partial charge in [-0.2, -0.15) is 0 Å². The monoisotopic (exact) mass is 386 g/mol. The standard InChI is InChI=1S/C24H21NO4/c26-23(20-9-3-4-10-21(20)24(27)28)25-17-12-14-18(15-13-17)29-22-11-5-7-16-6-1-2-8-19(16)22/h1-8,11-15,20-21H,9-10H2,(H,25,26)(H,27,28)/p-1. The maximum absolute atomic E-state index is 12.5. The molecule has 0 bridgehead atoms. The number of amides is 1. The lowest BCUT2D eigenvalue weighted by Gasteiger charge is -2.28. The van der Waals surface area contributed by atoms with E-state index in [2.05, 4.69) is 5.32 Å². The second kappa shape index (κ2) is 8.19. The number of rotatable bonds is 5. The van der Waals surface area contributed by atoms with Crippen LogP contribution in [0.3, 0.4) is 0 Å². The molecule has 0 aliphatic heterocycles. The molecule has 1 aliphatic carbocycles. The molecule has 0 fully saturated rings. The molecule has 3 aromatic carbocycles. The summed E-state index contributed by atoms with van der Waals surface area (Å²) in [5.74, 6) is -1.52. The Morgan fingerprint density at radius 1 is 0.862 bits per heavy atom. The van der Waals surface area contributed by atoms with Crippen molar-refractivity contribution in [2.45, 2.75) is 12.8 Å². The predicted octanol–water partition coefficient (Wildman–Crippen LogP) is 3.90. The van der Waals surface area contributed by atoms with Crippen LogP contribution >= 0.6 is 0 Å².